The Morgan fingerprint density at radius 1 is 1.26 bits per heavy atom. The van der Waals surface area contributed by atoms with Crippen LogP contribution in [0.3, 0.4) is 0 Å². The number of amides is 1. The Hall–Kier alpha value is -3.03. The average Bonchev–Trinajstić information content (AvgIpc) is 3.26. The number of benzene rings is 1. The summed E-state index contributed by atoms with van der Waals surface area (Å²) in [6.07, 6.45) is 0.493. The van der Waals surface area contributed by atoms with E-state index in [1.165, 1.54) is 12.1 Å². The zero-order valence-electron chi connectivity index (χ0n) is 15.8. The molecule has 0 atom stereocenters. The molecule has 0 unspecified atom stereocenters. The van der Waals surface area contributed by atoms with Crippen LogP contribution in [0.2, 0.25) is 0 Å². The summed E-state index contributed by atoms with van der Waals surface area (Å²) in [7, 11) is 1.71. The van der Waals surface area contributed by atoms with Crippen molar-refractivity contribution < 1.29 is 13.7 Å². The second-order valence-corrected chi connectivity index (χ2v) is 6.75. The van der Waals surface area contributed by atoms with Crippen LogP contribution in [0.1, 0.15) is 47.7 Å². The van der Waals surface area contributed by atoms with Crippen LogP contribution < -0.4 is 0 Å². The fourth-order valence-electron chi connectivity index (χ4n) is 2.57. The lowest BCUT2D eigenvalue weighted by atomic mass is 10.2. The highest BCUT2D eigenvalue weighted by molar-refractivity contribution is 5.94. The van der Waals surface area contributed by atoms with Crippen LogP contribution in [0.5, 0.6) is 0 Å². The summed E-state index contributed by atoms with van der Waals surface area (Å²) in [5.41, 5.74) is 1.72. The van der Waals surface area contributed by atoms with Gasteiger partial charge in [0.25, 0.3) is 5.91 Å². The van der Waals surface area contributed by atoms with Gasteiger partial charge in [0.2, 0.25) is 5.89 Å². The fraction of sp³-hybridized carbons (Fsp3) is 0.368. The van der Waals surface area contributed by atoms with E-state index in [2.05, 4.69) is 20.1 Å². The summed E-state index contributed by atoms with van der Waals surface area (Å²) in [5, 5.41) is 3.93. The summed E-state index contributed by atoms with van der Waals surface area (Å²) in [5.74, 6) is 1.34. The first-order valence-electron chi connectivity index (χ1n) is 8.75. The maximum atomic E-state index is 13.1. The van der Waals surface area contributed by atoms with Gasteiger partial charge in [0.05, 0.1) is 0 Å². The molecule has 8 heteroatoms. The minimum absolute atomic E-state index is 0.169. The second-order valence-electron chi connectivity index (χ2n) is 6.75. The summed E-state index contributed by atoms with van der Waals surface area (Å²) in [6.45, 7) is 6.18. The standard InChI is InChI=1S/C19H22FN5O2/c1-11(2)18-22-15(24-27-18)9-10-25(4)19(26)16-12(3)21-17(23-16)13-5-7-14(20)8-6-13/h5-8,11H,9-10H2,1-4H3,(H,21,23). The molecule has 3 aromatic rings. The molecule has 1 amide bonds. The molecule has 0 fully saturated rings. The number of hydrogen-bond acceptors (Lipinski definition) is 5. The number of hydrogen-bond donors (Lipinski definition) is 1. The number of carbonyl (C=O) groups is 1. The van der Waals surface area contributed by atoms with Crippen molar-refractivity contribution in [2.45, 2.75) is 33.1 Å². The third-order valence-corrected chi connectivity index (χ3v) is 4.20. The first-order chi connectivity index (χ1) is 12.8. The van der Waals surface area contributed by atoms with Crippen LogP contribution in [-0.4, -0.2) is 44.5 Å². The van der Waals surface area contributed by atoms with E-state index in [1.54, 1.807) is 31.0 Å². The first-order valence-corrected chi connectivity index (χ1v) is 8.75. The third-order valence-electron chi connectivity index (χ3n) is 4.20. The molecule has 27 heavy (non-hydrogen) atoms. The highest BCUT2D eigenvalue weighted by atomic mass is 19.1. The number of H-pyrrole nitrogens is 1. The number of carbonyl (C=O) groups excluding carboxylic acids is 1. The van der Waals surface area contributed by atoms with E-state index >= 15 is 0 Å². The van der Waals surface area contributed by atoms with Crippen molar-refractivity contribution in [3.8, 4) is 11.4 Å². The molecule has 142 valence electrons. The second kappa shape index (κ2) is 7.69. The van der Waals surface area contributed by atoms with E-state index < -0.39 is 0 Å². The van der Waals surface area contributed by atoms with Crippen LogP contribution in [-0.2, 0) is 6.42 Å². The van der Waals surface area contributed by atoms with Gasteiger partial charge in [-0.3, -0.25) is 4.79 Å². The normalized spacial score (nSPS) is 11.2. The van der Waals surface area contributed by atoms with E-state index in [-0.39, 0.29) is 17.6 Å². The average molecular weight is 371 g/mol. The largest absolute Gasteiger partial charge is 0.341 e. The van der Waals surface area contributed by atoms with Gasteiger partial charge >= 0.3 is 0 Å². The van der Waals surface area contributed by atoms with Gasteiger partial charge in [0, 0.05) is 37.2 Å². The number of aromatic amines is 1. The van der Waals surface area contributed by atoms with Crippen molar-refractivity contribution in [2.75, 3.05) is 13.6 Å². The summed E-state index contributed by atoms with van der Waals surface area (Å²) in [6, 6.07) is 5.95. The highest BCUT2D eigenvalue weighted by Gasteiger charge is 2.20. The molecule has 0 aliphatic rings. The predicted molar refractivity (Wildman–Crippen MR) is 97.8 cm³/mol. The van der Waals surface area contributed by atoms with Gasteiger partial charge in [0.1, 0.15) is 17.3 Å². The Morgan fingerprint density at radius 2 is 1.96 bits per heavy atom. The fourth-order valence-corrected chi connectivity index (χ4v) is 2.57. The summed E-state index contributed by atoms with van der Waals surface area (Å²) in [4.78, 5) is 26.1. The summed E-state index contributed by atoms with van der Waals surface area (Å²) < 4.78 is 18.3. The minimum atomic E-state index is -0.319. The number of imidazole rings is 1. The Bertz CT molecular complexity index is 930. The van der Waals surface area contributed by atoms with Crippen molar-refractivity contribution in [3.05, 3.63) is 53.2 Å². The predicted octanol–water partition coefficient (Wildman–Crippen LogP) is 3.35. The molecule has 0 aliphatic carbocycles. The smallest absolute Gasteiger partial charge is 0.274 e. The molecule has 0 aliphatic heterocycles. The van der Waals surface area contributed by atoms with E-state index in [0.717, 1.165) is 0 Å². The maximum absolute atomic E-state index is 13.1. The third kappa shape index (κ3) is 4.21. The topological polar surface area (TPSA) is 87.9 Å². The van der Waals surface area contributed by atoms with E-state index in [9.17, 15) is 9.18 Å². The molecule has 0 radical (unpaired) electrons. The van der Waals surface area contributed by atoms with Crippen LogP contribution in [0.25, 0.3) is 11.4 Å². The molecular formula is C19H22FN5O2. The van der Waals surface area contributed by atoms with Gasteiger partial charge < -0.3 is 14.4 Å². The highest BCUT2D eigenvalue weighted by Crippen LogP contribution is 2.19. The molecule has 0 bridgehead atoms. The van der Waals surface area contributed by atoms with E-state index in [4.69, 9.17) is 4.52 Å². The SMILES string of the molecule is Cc1[nH]c(-c2ccc(F)cc2)nc1C(=O)N(C)CCc1noc(C(C)C)n1. The number of rotatable bonds is 6. The number of halogens is 1. The lowest BCUT2D eigenvalue weighted by Crippen LogP contribution is -2.29. The molecule has 0 saturated heterocycles. The van der Waals surface area contributed by atoms with Crippen molar-refractivity contribution >= 4 is 5.91 Å². The van der Waals surface area contributed by atoms with Gasteiger partial charge in [0.15, 0.2) is 5.82 Å². The molecule has 1 N–H and O–H groups in total. The lowest BCUT2D eigenvalue weighted by Gasteiger charge is -2.15. The Balaban J connectivity index is 1.68. The van der Waals surface area contributed by atoms with Gasteiger partial charge in [-0.05, 0) is 31.2 Å². The van der Waals surface area contributed by atoms with Crippen LogP contribution in [0.4, 0.5) is 4.39 Å². The quantitative estimate of drug-likeness (QED) is 0.718. The molecule has 0 spiro atoms. The van der Waals surface area contributed by atoms with E-state index in [0.29, 0.717) is 47.5 Å². The van der Waals surface area contributed by atoms with Gasteiger partial charge in [-0.25, -0.2) is 9.37 Å². The molecule has 7 nitrogen and oxygen atoms in total. The zero-order valence-corrected chi connectivity index (χ0v) is 15.8. The van der Waals surface area contributed by atoms with Gasteiger partial charge in [-0.15, -0.1) is 0 Å². The zero-order chi connectivity index (χ0) is 19.6. The van der Waals surface area contributed by atoms with Crippen molar-refractivity contribution in [1.82, 2.24) is 25.0 Å². The first kappa shape index (κ1) is 18.8. The molecular weight excluding hydrogens is 349 g/mol. The monoisotopic (exact) mass is 371 g/mol. The molecule has 3 rings (SSSR count). The van der Waals surface area contributed by atoms with Crippen molar-refractivity contribution in [2.24, 2.45) is 0 Å². The number of nitrogens with zero attached hydrogens (tertiary/aromatic N) is 4. The van der Waals surface area contributed by atoms with Crippen LogP contribution >= 0.6 is 0 Å². The molecule has 1 aromatic carbocycles. The molecule has 0 saturated carbocycles. The van der Waals surface area contributed by atoms with Crippen LogP contribution in [0, 0.1) is 12.7 Å². The minimum Gasteiger partial charge on any atom is -0.341 e. The van der Waals surface area contributed by atoms with Gasteiger partial charge in [-0.2, -0.15) is 4.98 Å². The Labute approximate surface area is 156 Å². The lowest BCUT2D eigenvalue weighted by molar-refractivity contribution is 0.0790. The number of likely N-dealkylation sites (N-methyl/N-ethyl adjacent to an activating group) is 1. The maximum Gasteiger partial charge on any atom is 0.274 e. The Morgan fingerprint density at radius 3 is 2.59 bits per heavy atom. The van der Waals surface area contributed by atoms with E-state index in [1.807, 2.05) is 13.8 Å². The number of nitrogens with one attached hydrogen (secondary N) is 1. The molecule has 2 aromatic heterocycles. The van der Waals surface area contributed by atoms with Crippen molar-refractivity contribution in [1.29, 1.82) is 0 Å². The Kier molecular flexibility index (Phi) is 5.34. The molecule has 2 heterocycles. The van der Waals surface area contributed by atoms with Crippen LogP contribution in [0.15, 0.2) is 28.8 Å². The number of aromatic nitrogens is 4. The van der Waals surface area contributed by atoms with Gasteiger partial charge in [-0.1, -0.05) is 19.0 Å². The number of aryl methyl sites for hydroxylation is 1. The summed E-state index contributed by atoms with van der Waals surface area (Å²) >= 11 is 0. The van der Waals surface area contributed by atoms with Crippen molar-refractivity contribution in [3.63, 3.8) is 0 Å².